The largest absolute Gasteiger partial charge is 0.390 e. The first kappa shape index (κ1) is 15.7. The molecule has 8 nitrogen and oxygen atoms in total. The number of aromatic nitrogens is 4. The molecule has 2 aliphatic rings. The molecular formula is C16H25N7O. The lowest BCUT2D eigenvalue weighted by molar-refractivity contribution is 0.0512. The van der Waals surface area contributed by atoms with Crippen LogP contribution in [-0.2, 0) is 7.05 Å². The molecule has 2 atom stereocenters. The Hall–Kier alpha value is -1.77. The molecule has 0 unspecified atom stereocenters. The molecule has 0 radical (unpaired) electrons. The average molecular weight is 331 g/mol. The van der Waals surface area contributed by atoms with E-state index in [9.17, 15) is 5.11 Å². The van der Waals surface area contributed by atoms with E-state index in [1.165, 1.54) is 0 Å². The molecule has 2 fully saturated rings. The van der Waals surface area contributed by atoms with E-state index in [1.807, 2.05) is 20.2 Å². The van der Waals surface area contributed by atoms with Crippen LogP contribution in [0.1, 0.15) is 5.82 Å². The second kappa shape index (κ2) is 5.94. The number of fused-ring (bicyclic) bond motifs is 1. The van der Waals surface area contributed by atoms with Crippen molar-refractivity contribution in [2.45, 2.75) is 19.1 Å². The van der Waals surface area contributed by atoms with Gasteiger partial charge >= 0.3 is 0 Å². The Bertz CT molecular complexity index is 737. The average Bonchev–Trinajstić information content (AvgIpc) is 3.11. The molecule has 0 aliphatic carbocycles. The predicted octanol–water partition coefficient (Wildman–Crippen LogP) is -0.531. The summed E-state index contributed by atoms with van der Waals surface area (Å²) in [5.74, 6) is 1.62. The van der Waals surface area contributed by atoms with E-state index < -0.39 is 0 Å². The van der Waals surface area contributed by atoms with Crippen LogP contribution in [0.4, 0.5) is 5.82 Å². The van der Waals surface area contributed by atoms with E-state index >= 15 is 0 Å². The van der Waals surface area contributed by atoms with Gasteiger partial charge in [0.05, 0.1) is 23.7 Å². The lowest BCUT2D eigenvalue weighted by atomic mass is 10.1. The van der Waals surface area contributed by atoms with Gasteiger partial charge in [0.2, 0.25) is 0 Å². The predicted molar refractivity (Wildman–Crippen MR) is 92.1 cm³/mol. The van der Waals surface area contributed by atoms with Gasteiger partial charge in [0.15, 0.2) is 5.65 Å². The summed E-state index contributed by atoms with van der Waals surface area (Å²) in [4.78, 5) is 16.1. The number of hydrogen-bond donors (Lipinski definition) is 1. The van der Waals surface area contributed by atoms with Gasteiger partial charge in [-0.2, -0.15) is 5.10 Å². The quantitative estimate of drug-likeness (QED) is 0.793. The summed E-state index contributed by atoms with van der Waals surface area (Å²) < 4.78 is 1.78. The number of anilines is 1. The van der Waals surface area contributed by atoms with Crippen molar-refractivity contribution < 1.29 is 5.11 Å². The van der Waals surface area contributed by atoms with Crippen molar-refractivity contribution in [1.82, 2.24) is 29.5 Å². The van der Waals surface area contributed by atoms with Crippen LogP contribution in [0, 0.1) is 6.92 Å². The van der Waals surface area contributed by atoms with E-state index in [-0.39, 0.29) is 12.1 Å². The van der Waals surface area contributed by atoms with Crippen LogP contribution in [0.25, 0.3) is 11.0 Å². The van der Waals surface area contributed by atoms with Crippen molar-refractivity contribution in [3.05, 3.63) is 12.0 Å². The highest BCUT2D eigenvalue weighted by Crippen LogP contribution is 2.28. The van der Waals surface area contributed by atoms with E-state index in [0.717, 1.165) is 55.4 Å². The lowest BCUT2D eigenvalue weighted by Crippen LogP contribution is -2.52. The molecule has 4 rings (SSSR count). The van der Waals surface area contributed by atoms with Crippen LogP contribution in [0.15, 0.2) is 6.20 Å². The van der Waals surface area contributed by atoms with Gasteiger partial charge in [-0.25, -0.2) is 9.97 Å². The number of aliphatic hydroxyl groups is 1. The van der Waals surface area contributed by atoms with E-state index in [4.69, 9.17) is 0 Å². The highest BCUT2D eigenvalue weighted by Gasteiger charge is 2.37. The highest BCUT2D eigenvalue weighted by atomic mass is 16.3. The number of piperazine rings is 1. The van der Waals surface area contributed by atoms with Gasteiger partial charge in [-0.05, 0) is 14.0 Å². The zero-order valence-electron chi connectivity index (χ0n) is 14.6. The smallest absolute Gasteiger partial charge is 0.163 e. The number of aliphatic hydroxyl groups excluding tert-OH is 1. The third-order valence-electron chi connectivity index (χ3n) is 5.25. The maximum Gasteiger partial charge on any atom is 0.163 e. The summed E-state index contributed by atoms with van der Waals surface area (Å²) in [5, 5.41) is 15.9. The summed E-state index contributed by atoms with van der Waals surface area (Å²) in [6.45, 7) is 7.45. The summed E-state index contributed by atoms with van der Waals surface area (Å²) in [7, 11) is 4.04. The molecule has 24 heavy (non-hydrogen) atoms. The van der Waals surface area contributed by atoms with Gasteiger partial charge in [-0.1, -0.05) is 0 Å². The molecule has 2 aromatic heterocycles. The lowest BCUT2D eigenvalue weighted by Gasteiger charge is -2.37. The highest BCUT2D eigenvalue weighted by molar-refractivity contribution is 5.87. The van der Waals surface area contributed by atoms with Crippen molar-refractivity contribution >= 4 is 16.9 Å². The van der Waals surface area contributed by atoms with Gasteiger partial charge in [0.25, 0.3) is 0 Å². The van der Waals surface area contributed by atoms with E-state index in [1.54, 1.807) is 4.68 Å². The summed E-state index contributed by atoms with van der Waals surface area (Å²) in [5.41, 5.74) is 0.843. The number of nitrogens with zero attached hydrogens (tertiary/aromatic N) is 7. The maximum absolute atomic E-state index is 10.6. The molecule has 0 amide bonds. The minimum Gasteiger partial charge on any atom is -0.390 e. The Morgan fingerprint density at radius 2 is 1.83 bits per heavy atom. The van der Waals surface area contributed by atoms with E-state index in [2.05, 4.69) is 36.8 Å². The number of hydrogen-bond acceptors (Lipinski definition) is 7. The minimum absolute atomic E-state index is 0.167. The molecule has 2 aromatic rings. The summed E-state index contributed by atoms with van der Waals surface area (Å²) in [6.07, 6.45) is 1.47. The molecule has 2 aliphatic heterocycles. The molecule has 1 N–H and O–H groups in total. The normalized spacial score (nSPS) is 26.6. The molecule has 0 saturated carbocycles. The molecular weight excluding hydrogens is 306 g/mol. The van der Waals surface area contributed by atoms with Gasteiger partial charge < -0.3 is 14.9 Å². The Morgan fingerprint density at radius 3 is 2.58 bits per heavy atom. The van der Waals surface area contributed by atoms with Crippen LogP contribution >= 0.6 is 0 Å². The maximum atomic E-state index is 10.6. The van der Waals surface area contributed by atoms with Gasteiger partial charge in [0.1, 0.15) is 11.6 Å². The van der Waals surface area contributed by atoms with Gasteiger partial charge in [-0.3, -0.25) is 9.58 Å². The second-order valence-electron chi connectivity index (χ2n) is 6.98. The summed E-state index contributed by atoms with van der Waals surface area (Å²) >= 11 is 0. The monoisotopic (exact) mass is 331 g/mol. The standard InChI is InChI=1S/C16H25N7O/c1-11-18-15-12(8-17-21(15)3)16(19-11)23-9-13(14(24)10-23)22-6-4-20(2)5-7-22/h8,13-14,24H,4-7,9-10H2,1-3H3/t13-,14-/m0/s1. The fourth-order valence-electron chi connectivity index (χ4n) is 3.81. The number of β-amino-alcohol motifs (C(OH)–C–C–N with tert-alkyl or cyclic N) is 1. The Morgan fingerprint density at radius 1 is 1.08 bits per heavy atom. The van der Waals surface area contributed by atoms with Crippen LogP contribution < -0.4 is 4.90 Å². The van der Waals surface area contributed by atoms with Crippen LogP contribution in [-0.4, -0.2) is 93.1 Å². The topological polar surface area (TPSA) is 73.6 Å². The van der Waals surface area contributed by atoms with Crippen LogP contribution in [0.3, 0.4) is 0 Å². The van der Waals surface area contributed by atoms with Crippen LogP contribution in [0.2, 0.25) is 0 Å². The van der Waals surface area contributed by atoms with Crippen molar-refractivity contribution in [2.75, 3.05) is 51.2 Å². The van der Waals surface area contributed by atoms with Crippen LogP contribution in [0.5, 0.6) is 0 Å². The Balaban J connectivity index is 1.60. The van der Waals surface area contributed by atoms with Crippen molar-refractivity contribution in [2.24, 2.45) is 7.05 Å². The van der Waals surface area contributed by atoms with Gasteiger partial charge in [-0.15, -0.1) is 0 Å². The fourth-order valence-corrected chi connectivity index (χ4v) is 3.81. The molecule has 0 spiro atoms. The number of aryl methyl sites for hydroxylation is 2. The van der Waals surface area contributed by atoms with Crippen molar-refractivity contribution in [3.8, 4) is 0 Å². The first-order valence-corrected chi connectivity index (χ1v) is 8.55. The first-order valence-electron chi connectivity index (χ1n) is 8.55. The molecule has 130 valence electrons. The number of rotatable bonds is 2. The zero-order chi connectivity index (χ0) is 16.8. The zero-order valence-corrected chi connectivity index (χ0v) is 14.6. The van der Waals surface area contributed by atoms with E-state index in [0.29, 0.717) is 6.54 Å². The summed E-state index contributed by atoms with van der Waals surface area (Å²) in [6, 6.07) is 0.167. The third kappa shape index (κ3) is 2.64. The second-order valence-corrected chi connectivity index (χ2v) is 6.98. The molecule has 0 aromatic carbocycles. The Kier molecular flexibility index (Phi) is 3.90. The minimum atomic E-state index is -0.351. The molecule has 4 heterocycles. The molecule has 0 bridgehead atoms. The van der Waals surface area contributed by atoms with Crippen molar-refractivity contribution in [3.63, 3.8) is 0 Å². The number of likely N-dealkylation sites (N-methyl/N-ethyl adjacent to an activating group) is 1. The SMILES string of the molecule is Cc1nc(N2C[C@H](O)[C@@H](N3CCN(C)CC3)C2)c2cnn(C)c2n1. The molecule has 8 heteroatoms. The molecule has 2 saturated heterocycles. The first-order chi connectivity index (χ1) is 11.5. The fraction of sp³-hybridized carbons (Fsp3) is 0.688. The van der Waals surface area contributed by atoms with Gasteiger partial charge in [0, 0.05) is 46.3 Å². The Labute approximate surface area is 141 Å². The third-order valence-corrected chi connectivity index (χ3v) is 5.25. The van der Waals surface area contributed by atoms with Crippen molar-refractivity contribution in [1.29, 1.82) is 0 Å².